The standard InChI is InChI=1S/C20H19N3O3S2/c24-19(14-5-6-14)22-20-21-17-9-10-23(12-18(17)27-20)28(25,26)16-8-7-13-3-1-2-4-15(13)11-16/h1-4,7-8,11,14H,5-6,9-10,12H2,(H,21,22,24). The zero-order chi connectivity index (χ0) is 19.3. The van der Waals surface area contributed by atoms with Crippen molar-refractivity contribution in [3.63, 3.8) is 0 Å². The lowest BCUT2D eigenvalue weighted by molar-refractivity contribution is -0.117. The summed E-state index contributed by atoms with van der Waals surface area (Å²) >= 11 is 1.38. The van der Waals surface area contributed by atoms with E-state index in [0.29, 0.717) is 29.5 Å². The van der Waals surface area contributed by atoms with Gasteiger partial charge in [-0.05, 0) is 35.7 Å². The van der Waals surface area contributed by atoms with E-state index in [4.69, 9.17) is 0 Å². The van der Waals surface area contributed by atoms with Gasteiger partial charge in [0, 0.05) is 23.8 Å². The monoisotopic (exact) mass is 413 g/mol. The molecule has 8 heteroatoms. The minimum absolute atomic E-state index is 0.0201. The highest BCUT2D eigenvalue weighted by atomic mass is 32.2. The first-order valence-corrected chi connectivity index (χ1v) is 11.5. The molecule has 1 fully saturated rings. The molecular weight excluding hydrogens is 394 g/mol. The Morgan fingerprint density at radius 2 is 1.93 bits per heavy atom. The Kier molecular flexibility index (Phi) is 4.22. The van der Waals surface area contributed by atoms with Gasteiger partial charge in [-0.25, -0.2) is 13.4 Å². The SMILES string of the molecule is O=C(Nc1nc2c(s1)CN(S(=O)(=O)c1ccc3ccccc3c1)CC2)C1CC1. The zero-order valence-corrected chi connectivity index (χ0v) is 16.7. The van der Waals surface area contributed by atoms with Crippen LogP contribution in [0.1, 0.15) is 23.4 Å². The van der Waals surface area contributed by atoms with Crippen LogP contribution in [0, 0.1) is 5.92 Å². The number of anilines is 1. The van der Waals surface area contributed by atoms with Crippen molar-refractivity contribution in [3.8, 4) is 0 Å². The van der Waals surface area contributed by atoms with Crippen LogP contribution in [0.5, 0.6) is 0 Å². The fourth-order valence-corrected chi connectivity index (χ4v) is 6.01. The third-order valence-electron chi connectivity index (χ3n) is 5.23. The van der Waals surface area contributed by atoms with Gasteiger partial charge in [-0.1, -0.05) is 30.3 Å². The summed E-state index contributed by atoms with van der Waals surface area (Å²) in [5.41, 5.74) is 0.890. The molecule has 1 aromatic heterocycles. The molecule has 0 spiro atoms. The Morgan fingerprint density at radius 1 is 1.14 bits per heavy atom. The molecule has 1 N–H and O–H groups in total. The number of fused-ring (bicyclic) bond motifs is 2. The lowest BCUT2D eigenvalue weighted by Crippen LogP contribution is -2.35. The summed E-state index contributed by atoms with van der Waals surface area (Å²) in [6.07, 6.45) is 2.43. The van der Waals surface area contributed by atoms with E-state index in [1.54, 1.807) is 12.1 Å². The maximum atomic E-state index is 13.2. The minimum Gasteiger partial charge on any atom is -0.302 e. The van der Waals surface area contributed by atoms with E-state index in [9.17, 15) is 13.2 Å². The van der Waals surface area contributed by atoms with Gasteiger partial charge in [0.1, 0.15) is 0 Å². The number of benzene rings is 2. The summed E-state index contributed by atoms with van der Waals surface area (Å²) in [5.74, 6) is 0.137. The van der Waals surface area contributed by atoms with Crippen molar-refractivity contribution in [1.29, 1.82) is 0 Å². The largest absolute Gasteiger partial charge is 0.302 e. The number of nitrogens with one attached hydrogen (secondary N) is 1. The number of sulfonamides is 1. The predicted octanol–water partition coefficient (Wildman–Crippen LogP) is 3.39. The molecule has 0 saturated heterocycles. The number of carbonyl (C=O) groups excluding carboxylic acids is 1. The van der Waals surface area contributed by atoms with Crippen LogP contribution in [0.15, 0.2) is 47.4 Å². The van der Waals surface area contributed by atoms with Gasteiger partial charge in [0.05, 0.1) is 17.1 Å². The van der Waals surface area contributed by atoms with Crippen LogP contribution in [-0.4, -0.2) is 30.2 Å². The highest BCUT2D eigenvalue weighted by molar-refractivity contribution is 7.89. The van der Waals surface area contributed by atoms with Gasteiger partial charge in [-0.3, -0.25) is 4.79 Å². The van der Waals surface area contributed by atoms with E-state index in [1.807, 2.05) is 30.3 Å². The van der Waals surface area contributed by atoms with Gasteiger partial charge in [0.15, 0.2) is 5.13 Å². The molecule has 6 nitrogen and oxygen atoms in total. The molecule has 1 aliphatic heterocycles. The lowest BCUT2D eigenvalue weighted by atomic mass is 10.1. The van der Waals surface area contributed by atoms with Crippen molar-refractivity contribution in [2.45, 2.75) is 30.7 Å². The number of hydrogen-bond acceptors (Lipinski definition) is 5. The molecule has 1 aliphatic carbocycles. The summed E-state index contributed by atoms with van der Waals surface area (Å²) < 4.78 is 27.8. The van der Waals surface area contributed by atoms with Crippen LogP contribution >= 0.6 is 11.3 Å². The number of rotatable bonds is 4. The maximum Gasteiger partial charge on any atom is 0.243 e. The molecule has 5 rings (SSSR count). The van der Waals surface area contributed by atoms with Gasteiger partial charge in [-0.15, -0.1) is 11.3 Å². The van der Waals surface area contributed by atoms with Crippen LogP contribution in [-0.2, 0) is 27.8 Å². The van der Waals surface area contributed by atoms with Crippen molar-refractivity contribution in [1.82, 2.24) is 9.29 Å². The van der Waals surface area contributed by atoms with Crippen molar-refractivity contribution in [2.24, 2.45) is 5.92 Å². The number of carbonyl (C=O) groups is 1. The molecule has 0 atom stereocenters. The number of nitrogens with zero attached hydrogens (tertiary/aromatic N) is 2. The second-order valence-corrected chi connectivity index (χ2v) is 10.3. The highest BCUT2D eigenvalue weighted by Gasteiger charge is 2.33. The van der Waals surface area contributed by atoms with E-state index in [1.165, 1.54) is 15.6 Å². The van der Waals surface area contributed by atoms with Gasteiger partial charge < -0.3 is 5.32 Å². The topological polar surface area (TPSA) is 79.4 Å². The quantitative estimate of drug-likeness (QED) is 0.711. The summed E-state index contributed by atoms with van der Waals surface area (Å²) in [6, 6.07) is 13.0. The predicted molar refractivity (Wildman–Crippen MR) is 109 cm³/mol. The molecule has 144 valence electrons. The molecule has 1 amide bonds. The normalized spacial score (nSPS) is 17.4. The van der Waals surface area contributed by atoms with E-state index in [2.05, 4.69) is 10.3 Å². The molecule has 0 radical (unpaired) electrons. The zero-order valence-electron chi connectivity index (χ0n) is 15.1. The first kappa shape index (κ1) is 17.8. The van der Waals surface area contributed by atoms with Crippen LogP contribution in [0.25, 0.3) is 10.8 Å². The minimum atomic E-state index is -3.59. The number of thiazole rings is 1. The Hall–Kier alpha value is -2.29. The maximum absolute atomic E-state index is 13.2. The Balaban J connectivity index is 1.39. The molecule has 3 aromatic rings. The summed E-state index contributed by atoms with van der Waals surface area (Å²) in [7, 11) is -3.59. The summed E-state index contributed by atoms with van der Waals surface area (Å²) in [5, 5.41) is 5.36. The van der Waals surface area contributed by atoms with Crippen molar-refractivity contribution in [3.05, 3.63) is 53.0 Å². The number of amides is 1. The number of aromatic nitrogens is 1. The van der Waals surface area contributed by atoms with Gasteiger partial charge in [0.2, 0.25) is 15.9 Å². The Morgan fingerprint density at radius 3 is 2.71 bits per heavy atom. The van der Waals surface area contributed by atoms with Gasteiger partial charge in [0.25, 0.3) is 0 Å². The van der Waals surface area contributed by atoms with E-state index in [-0.39, 0.29) is 11.8 Å². The van der Waals surface area contributed by atoms with E-state index >= 15 is 0 Å². The Labute approximate surface area is 167 Å². The Bertz CT molecular complexity index is 1180. The van der Waals surface area contributed by atoms with Crippen LogP contribution in [0.4, 0.5) is 5.13 Å². The van der Waals surface area contributed by atoms with Crippen molar-refractivity contribution >= 4 is 43.2 Å². The fraction of sp³-hybridized carbons (Fsp3) is 0.300. The lowest BCUT2D eigenvalue weighted by Gasteiger charge is -2.25. The van der Waals surface area contributed by atoms with Gasteiger partial charge >= 0.3 is 0 Å². The second kappa shape index (κ2) is 6.65. The van der Waals surface area contributed by atoms with Gasteiger partial charge in [-0.2, -0.15) is 4.31 Å². The second-order valence-electron chi connectivity index (χ2n) is 7.25. The number of hydrogen-bond donors (Lipinski definition) is 1. The van der Waals surface area contributed by atoms with E-state index < -0.39 is 10.0 Å². The van der Waals surface area contributed by atoms with Crippen LogP contribution in [0.3, 0.4) is 0 Å². The van der Waals surface area contributed by atoms with Crippen molar-refractivity contribution < 1.29 is 13.2 Å². The highest BCUT2D eigenvalue weighted by Crippen LogP contribution is 2.34. The molecule has 2 aliphatic rings. The first-order chi connectivity index (χ1) is 13.5. The third kappa shape index (κ3) is 3.21. The molecule has 2 aromatic carbocycles. The van der Waals surface area contributed by atoms with E-state index in [0.717, 1.165) is 34.2 Å². The molecule has 28 heavy (non-hydrogen) atoms. The molecule has 1 saturated carbocycles. The molecule has 0 unspecified atom stereocenters. The first-order valence-electron chi connectivity index (χ1n) is 9.29. The van der Waals surface area contributed by atoms with Crippen LogP contribution in [0.2, 0.25) is 0 Å². The molecule has 2 heterocycles. The molecular formula is C20H19N3O3S2. The average molecular weight is 414 g/mol. The van der Waals surface area contributed by atoms with Crippen molar-refractivity contribution in [2.75, 3.05) is 11.9 Å². The average Bonchev–Trinajstić information content (AvgIpc) is 3.47. The third-order valence-corrected chi connectivity index (χ3v) is 8.07. The summed E-state index contributed by atoms with van der Waals surface area (Å²) in [4.78, 5) is 17.7. The summed E-state index contributed by atoms with van der Waals surface area (Å²) in [6.45, 7) is 0.684. The smallest absolute Gasteiger partial charge is 0.243 e. The fourth-order valence-electron chi connectivity index (χ4n) is 3.46. The molecule has 0 bridgehead atoms. The van der Waals surface area contributed by atoms with Crippen LogP contribution < -0.4 is 5.32 Å².